The molecule has 0 fully saturated rings. The third-order valence-electron chi connectivity index (χ3n) is 0.793. The van der Waals surface area contributed by atoms with E-state index in [1.807, 2.05) is 0 Å². The zero-order chi connectivity index (χ0) is 7.44. The fraction of sp³-hybridized carbons (Fsp3) is 0.750. The second-order valence-corrected chi connectivity index (χ2v) is 1.51. The van der Waals surface area contributed by atoms with E-state index < -0.39 is 24.8 Å². The van der Waals surface area contributed by atoms with Crippen molar-refractivity contribution >= 4 is 5.97 Å². The van der Waals surface area contributed by atoms with Crippen LogP contribution in [0.2, 0.25) is 0 Å². The van der Waals surface area contributed by atoms with Crippen LogP contribution in [0.25, 0.3) is 0 Å². The van der Waals surface area contributed by atoms with E-state index in [4.69, 9.17) is 15.3 Å². The molecule has 0 saturated heterocycles. The van der Waals surface area contributed by atoms with Gasteiger partial charge in [0.05, 0.1) is 12.6 Å². The van der Waals surface area contributed by atoms with E-state index >= 15 is 0 Å². The molecule has 0 aliphatic heterocycles. The molecule has 0 aromatic rings. The van der Waals surface area contributed by atoms with Gasteiger partial charge < -0.3 is 25.2 Å². The molecule has 0 aliphatic rings. The molecule has 0 aromatic carbocycles. The van der Waals surface area contributed by atoms with Gasteiger partial charge in [-0.1, -0.05) is 0 Å². The van der Waals surface area contributed by atoms with Crippen molar-refractivity contribution in [3.63, 3.8) is 0 Å². The van der Waals surface area contributed by atoms with Crippen molar-refractivity contribution in [1.82, 2.24) is 0 Å². The number of hydrogen-bond acceptors (Lipinski definition) is 5. The van der Waals surface area contributed by atoms with Gasteiger partial charge in [-0.3, -0.25) is 0 Å². The van der Waals surface area contributed by atoms with Crippen molar-refractivity contribution < 1.29 is 76.6 Å². The van der Waals surface area contributed by atoms with Crippen LogP contribution in [0.3, 0.4) is 0 Å². The summed E-state index contributed by atoms with van der Waals surface area (Å²) in [7, 11) is 0. The Labute approximate surface area is 100 Å². The third kappa shape index (κ3) is 4.75. The molecule has 0 amide bonds. The molecule has 0 bridgehead atoms. The minimum Gasteiger partial charge on any atom is -0.547 e. The summed E-state index contributed by atoms with van der Waals surface area (Å²) in [6.07, 6.45) is -3.66. The summed E-state index contributed by atoms with van der Waals surface area (Å²) in [6, 6.07) is 0. The monoisotopic (exact) mass is 174 g/mol. The smallest absolute Gasteiger partial charge is 0.547 e. The van der Waals surface area contributed by atoms with Gasteiger partial charge in [-0.05, 0) is 0 Å². The van der Waals surface area contributed by atoms with Gasteiger partial charge in [0.1, 0.15) is 12.2 Å². The maximum absolute atomic E-state index is 9.67. The average molecular weight is 174 g/mol. The number of carbonyl (C=O) groups is 1. The van der Waals surface area contributed by atoms with Crippen LogP contribution in [0.5, 0.6) is 0 Å². The first-order valence-corrected chi connectivity index (χ1v) is 2.27. The van der Waals surface area contributed by atoms with Gasteiger partial charge in [-0.15, -0.1) is 0 Å². The van der Waals surface area contributed by atoms with E-state index in [1.54, 1.807) is 0 Å². The summed E-state index contributed by atoms with van der Waals surface area (Å²) in [5.74, 6) is -1.79. The van der Waals surface area contributed by atoms with E-state index in [0.29, 0.717) is 0 Å². The number of carboxylic acids is 1. The molecule has 0 rings (SSSR count). The number of carboxylic acid groups (broad SMARTS) is 1. The van der Waals surface area contributed by atoms with Crippen LogP contribution in [0, 0.1) is 0 Å². The van der Waals surface area contributed by atoms with Crippen LogP contribution < -0.4 is 56.5 Å². The molecule has 0 aliphatic carbocycles. The number of hydrogen-bond donors (Lipinski definition) is 3. The summed E-state index contributed by atoms with van der Waals surface area (Å²) in [4.78, 5) is 9.67. The predicted molar refractivity (Wildman–Crippen MR) is 24.1 cm³/mol. The minimum absolute atomic E-state index is 0. The zero-order valence-electron chi connectivity index (χ0n) is 5.52. The number of carbonyl (C=O) groups excluding carboxylic acids is 1. The Hall–Kier alpha value is 0.986. The summed E-state index contributed by atoms with van der Waals surface area (Å²) in [5, 5.41) is 34.4. The van der Waals surface area contributed by atoms with Gasteiger partial charge in [0.15, 0.2) is 0 Å². The number of aliphatic hydroxyl groups excluding tert-OH is 3. The molecule has 0 spiro atoms. The van der Waals surface area contributed by atoms with Crippen molar-refractivity contribution in [2.75, 3.05) is 6.61 Å². The molecule has 54 valence electrons. The first-order valence-electron chi connectivity index (χ1n) is 2.27. The topological polar surface area (TPSA) is 101 Å². The van der Waals surface area contributed by atoms with Crippen LogP contribution in [0.4, 0.5) is 0 Å². The van der Waals surface area contributed by atoms with Crippen LogP contribution in [0.1, 0.15) is 0 Å². The fourth-order valence-corrected chi connectivity index (χ4v) is 0.257. The van der Waals surface area contributed by atoms with Gasteiger partial charge in [0.2, 0.25) is 0 Å². The van der Waals surface area contributed by atoms with Gasteiger partial charge in [-0.2, -0.15) is 0 Å². The number of rotatable bonds is 3. The average Bonchev–Trinajstić information content (AvgIpc) is 1.84. The molecule has 0 radical (unpaired) electrons. The van der Waals surface area contributed by atoms with E-state index in [9.17, 15) is 9.90 Å². The molecule has 0 saturated carbocycles. The standard InChI is InChI=1S/C4H8O5.K/c5-1-2(6)3(7)4(8)9;/h2-3,5-7H,1H2,(H,8,9);/q;+1/p-1. The van der Waals surface area contributed by atoms with E-state index in [2.05, 4.69) is 0 Å². The molecule has 0 aromatic heterocycles. The first-order chi connectivity index (χ1) is 4.09. The summed E-state index contributed by atoms with van der Waals surface area (Å²) in [5.41, 5.74) is 0. The fourth-order valence-electron chi connectivity index (χ4n) is 0.257. The Morgan fingerprint density at radius 3 is 2.00 bits per heavy atom. The van der Waals surface area contributed by atoms with Crippen molar-refractivity contribution in [2.24, 2.45) is 0 Å². The van der Waals surface area contributed by atoms with Crippen molar-refractivity contribution in [3.8, 4) is 0 Å². The second-order valence-electron chi connectivity index (χ2n) is 1.51. The molecule has 3 N–H and O–H groups in total. The number of aliphatic hydroxyl groups is 3. The van der Waals surface area contributed by atoms with Gasteiger partial charge in [0, 0.05) is 0 Å². The Bertz CT molecular complexity index is 106. The quantitative estimate of drug-likeness (QED) is 0.369. The first kappa shape index (κ1) is 13.6. The Morgan fingerprint density at radius 2 is 1.90 bits per heavy atom. The maximum Gasteiger partial charge on any atom is 1.00 e. The van der Waals surface area contributed by atoms with Crippen LogP contribution in [-0.4, -0.2) is 40.1 Å². The van der Waals surface area contributed by atoms with Crippen molar-refractivity contribution in [2.45, 2.75) is 12.2 Å². The molecule has 6 heteroatoms. The molecular weight excluding hydrogens is 167 g/mol. The SMILES string of the molecule is O=C([O-])C(O)C(O)CO.[K+]. The molecule has 5 nitrogen and oxygen atoms in total. The van der Waals surface area contributed by atoms with Gasteiger partial charge in [0.25, 0.3) is 0 Å². The van der Waals surface area contributed by atoms with E-state index in [0.717, 1.165) is 0 Å². The second kappa shape index (κ2) is 6.68. The van der Waals surface area contributed by atoms with Crippen molar-refractivity contribution in [3.05, 3.63) is 0 Å². The number of aliphatic carboxylic acids is 1. The van der Waals surface area contributed by atoms with Crippen LogP contribution in [0.15, 0.2) is 0 Å². The predicted octanol–water partition coefficient (Wildman–Crippen LogP) is -6.55. The van der Waals surface area contributed by atoms with Gasteiger partial charge in [-0.25, -0.2) is 0 Å². The van der Waals surface area contributed by atoms with Crippen LogP contribution >= 0.6 is 0 Å². The Balaban J connectivity index is 0. The van der Waals surface area contributed by atoms with Crippen LogP contribution in [-0.2, 0) is 4.79 Å². The van der Waals surface area contributed by atoms with E-state index in [1.165, 1.54) is 0 Å². The largest absolute Gasteiger partial charge is 1.00 e. The maximum atomic E-state index is 9.67. The Kier molecular flexibility index (Phi) is 9.07. The third-order valence-corrected chi connectivity index (χ3v) is 0.793. The minimum atomic E-state index is -2.00. The molecule has 2 atom stereocenters. The van der Waals surface area contributed by atoms with Crippen molar-refractivity contribution in [1.29, 1.82) is 0 Å². The van der Waals surface area contributed by atoms with Gasteiger partial charge >= 0.3 is 51.4 Å². The summed E-state index contributed by atoms with van der Waals surface area (Å²) >= 11 is 0. The summed E-state index contributed by atoms with van der Waals surface area (Å²) < 4.78 is 0. The molecular formula is C4H7KO5. The molecule has 2 unspecified atom stereocenters. The Morgan fingerprint density at radius 1 is 1.50 bits per heavy atom. The normalized spacial score (nSPS) is 15.1. The van der Waals surface area contributed by atoms with E-state index in [-0.39, 0.29) is 51.4 Å². The summed E-state index contributed by atoms with van der Waals surface area (Å²) in [6.45, 7) is -0.796. The zero-order valence-corrected chi connectivity index (χ0v) is 8.64. The molecule has 0 heterocycles. The molecule has 10 heavy (non-hydrogen) atoms.